The van der Waals surface area contributed by atoms with Crippen LogP contribution in [0, 0.1) is 6.92 Å². The maximum atomic E-state index is 12.6. The predicted octanol–water partition coefficient (Wildman–Crippen LogP) is 5.22. The van der Waals surface area contributed by atoms with Gasteiger partial charge in [-0.1, -0.05) is 48.1 Å². The Balaban J connectivity index is 1.48. The molecule has 0 fully saturated rings. The summed E-state index contributed by atoms with van der Waals surface area (Å²) in [7, 11) is -3.69. The maximum absolute atomic E-state index is 12.6. The molecule has 8 heteroatoms. The van der Waals surface area contributed by atoms with E-state index < -0.39 is 10.0 Å². The monoisotopic (exact) mass is 451 g/mol. The van der Waals surface area contributed by atoms with Gasteiger partial charge in [0, 0.05) is 11.3 Å². The highest BCUT2D eigenvalue weighted by Crippen LogP contribution is 2.29. The van der Waals surface area contributed by atoms with Crippen molar-refractivity contribution >= 4 is 48.3 Å². The van der Waals surface area contributed by atoms with Gasteiger partial charge in [-0.25, -0.2) is 13.4 Å². The molecule has 4 rings (SSSR count). The van der Waals surface area contributed by atoms with E-state index in [-0.39, 0.29) is 10.8 Å². The van der Waals surface area contributed by atoms with Gasteiger partial charge in [-0.2, -0.15) is 0 Å². The second-order valence-electron chi connectivity index (χ2n) is 7.09. The molecule has 1 aromatic heterocycles. The molecule has 0 unspecified atom stereocenters. The number of nitrogens with zero attached hydrogens (tertiary/aromatic N) is 1. The molecule has 6 nitrogen and oxygen atoms in total. The van der Waals surface area contributed by atoms with Gasteiger partial charge in [0.1, 0.15) is 0 Å². The van der Waals surface area contributed by atoms with E-state index >= 15 is 0 Å². The molecule has 0 aliphatic rings. The number of anilines is 2. The van der Waals surface area contributed by atoms with Crippen molar-refractivity contribution in [3.8, 4) is 0 Å². The number of hydrogen-bond acceptors (Lipinski definition) is 5. The lowest BCUT2D eigenvalue weighted by atomic mass is 10.1. The number of sulfonamides is 1. The number of benzene rings is 3. The third-order valence-electron chi connectivity index (χ3n) is 4.83. The summed E-state index contributed by atoms with van der Waals surface area (Å²) in [5.41, 5.74) is 3.82. The summed E-state index contributed by atoms with van der Waals surface area (Å²) in [6.45, 7) is 3.96. The number of fused-ring (bicyclic) bond motifs is 1. The fraction of sp³-hybridized carbons (Fsp3) is 0.130. The number of rotatable bonds is 6. The van der Waals surface area contributed by atoms with Gasteiger partial charge in [0.15, 0.2) is 5.13 Å². The minimum atomic E-state index is -3.69. The molecule has 2 N–H and O–H groups in total. The summed E-state index contributed by atoms with van der Waals surface area (Å²) in [6.07, 6.45) is 0.869. The van der Waals surface area contributed by atoms with E-state index in [9.17, 15) is 13.2 Å². The fourth-order valence-electron chi connectivity index (χ4n) is 3.13. The van der Waals surface area contributed by atoms with Crippen LogP contribution >= 0.6 is 11.3 Å². The van der Waals surface area contributed by atoms with Crippen molar-refractivity contribution in [1.82, 2.24) is 4.98 Å². The number of nitrogens with one attached hydrogen (secondary N) is 2. The Hall–Kier alpha value is -3.23. The van der Waals surface area contributed by atoms with Gasteiger partial charge in [-0.15, -0.1) is 0 Å². The molecule has 3 aromatic carbocycles. The Kier molecular flexibility index (Phi) is 5.75. The molecule has 0 spiro atoms. The number of amides is 1. The van der Waals surface area contributed by atoms with Gasteiger partial charge in [0.2, 0.25) is 0 Å². The molecule has 1 amide bonds. The molecule has 0 radical (unpaired) electrons. The van der Waals surface area contributed by atoms with Crippen LogP contribution in [0.4, 0.5) is 10.8 Å². The van der Waals surface area contributed by atoms with Crippen molar-refractivity contribution in [1.29, 1.82) is 0 Å². The van der Waals surface area contributed by atoms with Crippen LogP contribution in [0.15, 0.2) is 71.6 Å². The molecule has 31 heavy (non-hydrogen) atoms. The number of aryl methyl sites for hydroxylation is 2. The van der Waals surface area contributed by atoms with Crippen molar-refractivity contribution in [2.45, 2.75) is 25.2 Å². The van der Waals surface area contributed by atoms with Gasteiger partial charge in [0.25, 0.3) is 15.9 Å². The Morgan fingerprint density at radius 3 is 2.39 bits per heavy atom. The minimum absolute atomic E-state index is 0.183. The summed E-state index contributed by atoms with van der Waals surface area (Å²) in [5, 5.41) is 3.36. The first-order valence-electron chi connectivity index (χ1n) is 9.75. The van der Waals surface area contributed by atoms with Gasteiger partial charge in [-0.3, -0.25) is 14.8 Å². The normalized spacial score (nSPS) is 11.4. The summed E-state index contributed by atoms with van der Waals surface area (Å²) >= 11 is 1.42. The van der Waals surface area contributed by atoms with Crippen LogP contribution in [-0.4, -0.2) is 19.3 Å². The number of para-hydroxylation sites is 1. The van der Waals surface area contributed by atoms with E-state index in [0.29, 0.717) is 16.4 Å². The molecular weight excluding hydrogens is 430 g/mol. The van der Waals surface area contributed by atoms with Crippen LogP contribution in [0.2, 0.25) is 0 Å². The van der Waals surface area contributed by atoms with Gasteiger partial charge >= 0.3 is 0 Å². The zero-order chi connectivity index (χ0) is 22.0. The van der Waals surface area contributed by atoms with E-state index in [4.69, 9.17) is 0 Å². The molecule has 4 aromatic rings. The Bertz CT molecular complexity index is 1340. The summed E-state index contributed by atoms with van der Waals surface area (Å²) < 4.78 is 28.6. The van der Waals surface area contributed by atoms with Crippen LogP contribution in [0.5, 0.6) is 0 Å². The first kappa shape index (κ1) is 21.0. The lowest BCUT2D eigenvalue weighted by Gasteiger charge is -2.09. The standard InChI is InChI=1S/C23H21N3O3S2/c1-3-16-5-4-6-20-21(16)24-23(30-20)25-22(27)17-9-11-18(12-10-17)26-31(28,29)19-13-7-15(2)8-14-19/h4-14,26H,3H2,1-2H3,(H,24,25,27). The Morgan fingerprint density at radius 2 is 1.71 bits per heavy atom. The van der Waals surface area contributed by atoms with Crippen LogP contribution in [0.1, 0.15) is 28.4 Å². The number of thiazole rings is 1. The molecule has 0 saturated heterocycles. The zero-order valence-corrected chi connectivity index (χ0v) is 18.7. The van der Waals surface area contributed by atoms with Gasteiger partial charge < -0.3 is 0 Å². The number of carbonyl (C=O) groups excluding carboxylic acids is 1. The molecule has 0 aliphatic carbocycles. The third-order valence-corrected chi connectivity index (χ3v) is 7.17. The zero-order valence-electron chi connectivity index (χ0n) is 17.0. The van der Waals surface area contributed by atoms with E-state index in [0.717, 1.165) is 27.8 Å². The van der Waals surface area contributed by atoms with Crippen molar-refractivity contribution in [2.24, 2.45) is 0 Å². The third kappa shape index (κ3) is 4.60. The average Bonchev–Trinajstić information content (AvgIpc) is 3.16. The molecule has 1 heterocycles. The highest BCUT2D eigenvalue weighted by Gasteiger charge is 2.15. The SMILES string of the molecule is CCc1cccc2sc(NC(=O)c3ccc(NS(=O)(=O)c4ccc(C)cc4)cc3)nc12. The van der Waals surface area contributed by atoms with Crippen LogP contribution < -0.4 is 10.0 Å². The largest absolute Gasteiger partial charge is 0.298 e. The van der Waals surface area contributed by atoms with Crippen molar-refractivity contribution in [3.05, 3.63) is 83.4 Å². The quantitative estimate of drug-likeness (QED) is 0.421. The first-order valence-corrected chi connectivity index (χ1v) is 12.0. The minimum Gasteiger partial charge on any atom is -0.298 e. The van der Waals surface area contributed by atoms with Crippen LogP contribution in [0.25, 0.3) is 10.2 Å². The summed E-state index contributed by atoms with van der Waals surface area (Å²) in [5.74, 6) is -0.301. The highest BCUT2D eigenvalue weighted by atomic mass is 32.2. The van der Waals surface area contributed by atoms with E-state index in [2.05, 4.69) is 21.9 Å². The van der Waals surface area contributed by atoms with Crippen LogP contribution in [0.3, 0.4) is 0 Å². The topological polar surface area (TPSA) is 88.2 Å². The second kappa shape index (κ2) is 8.49. The predicted molar refractivity (Wildman–Crippen MR) is 125 cm³/mol. The van der Waals surface area contributed by atoms with Crippen molar-refractivity contribution in [3.63, 3.8) is 0 Å². The fourth-order valence-corrected chi connectivity index (χ4v) is 5.10. The maximum Gasteiger partial charge on any atom is 0.261 e. The molecular formula is C23H21N3O3S2. The molecule has 0 saturated carbocycles. The average molecular weight is 452 g/mol. The van der Waals surface area contributed by atoms with E-state index in [1.807, 2.05) is 25.1 Å². The number of aromatic nitrogens is 1. The molecule has 0 bridgehead atoms. The van der Waals surface area contributed by atoms with Crippen molar-refractivity contribution in [2.75, 3.05) is 10.0 Å². The lowest BCUT2D eigenvalue weighted by Crippen LogP contribution is -2.14. The summed E-state index contributed by atoms with van der Waals surface area (Å²) in [6, 6.07) is 18.9. The Labute approximate surface area is 185 Å². The molecule has 158 valence electrons. The van der Waals surface area contributed by atoms with Crippen molar-refractivity contribution < 1.29 is 13.2 Å². The van der Waals surface area contributed by atoms with Gasteiger partial charge in [-0.05, 0) is 61.4 Å². The van der Waals surface area contributed by atoms with Gasteiger partial charge in [0.05, 0.1) is 15.1 Å². The number of carbonyl (C=O) groups is 1. The van der Waals surface area contributed by atoms with E-state index in [1.165, 1.54) is 11.3 Å². The number of hydrogen-bond donors (Lipinski definition) is 2. The smallest absolute Gasteiger partial charge is 0.261 e. The Morgan fingerprint density at radius 1 is 1.00 bits per heavy atom. The molecule has 0 atom stereocenters. The first-order chi connectivity index (χ1) is 14.9. The molecule has 0 aliphatic heterocycles. The highest BCUT2D eigenvalue weighted by molar-refractivity contribution is 7.92. The lowest BCUT2D eigenvalue weighted by molar-refractivity contribution is 0.102. The second-order valence-corrected chi connectivity index (χ2v) is 9.80. The summed E-state index contributed by atoms with van der Waals surface area (Å²) in [4.78, 5) is 17.3. The van der Waals surface area contributed by atoms with E-state index in [1.54, 1.807) is 48.5 Å². The van der Waals surface area contributed by atoms with Crippen LogP contribution in [-0.2, 0) is 16.4 Å².